The van der Waals surface area contributed by atoms with Crippen LogP contribution in [-0.4, -0.2) is 10.3 Å². The fraction of sp³-hybridized carbons (Fsp3) is 0.222. The van der Waals surface area contributed by atoms with Crippen LogP contribution in [0.15, 0.2) is 23.3 Å². The average Bonchev–Trinajstić information content (AvgIpc) is 2.03. The summed E-state index contributed by atoms with van der Waals surface area (Å²) >= 11 is 6.72. The summed E-state index contributed by atoms with van der Waals surface area (Å²) in [6, 6.07) is 2.04. The predicted octanol–water partition coefficient (Wildman–Crippen LogP) is 3.56. The molecule has 3 heteroatoms. The lowest BCUT2D eigenvalue weighted by molar-refractivity contribution is 1.20. The summed E-state index contributed by atoms with van der Waals surface area (Å²) in [6.45, 7) is 5.94. The van der Waals surface area contributed by atoms with E-state index in [1.165, 1.54) is 0 Å². The largest absolute Gasteiger partial charge is 0.255 e. The Hall–Kier alpha value is -0.150. The van der Waals surface area contributed by atoms with Crippen molar-refractivity contribution in [1.29, 1.82) is 0 Å². The van der Waals surface area contributed by atoms with Crippen LogP contribution in [0.4, 0.5) is 0 Å². The Kier molecular flexibility index (Phi) is 3.47. The molecule has 0 atom stereocenters. The third kappa shape index (κ3) is 2.17. The number of allylic oxidation sites excluding steroid dienone is 1. The molecule has 0 aliphatic heterocycles. The Balaban J connectivity index is 3.09. The molecule has 0 saturated carbocycles. The van der Waals surface area contributed by atoms with Crippen LogP contribution in [0.5, 0.6) is 0 Å². The molecule has 0 unspecified atom stereocenters. The fourth-order valence-corrected chi connectivity index (χ4v) is 1.69. The van der Waals surface area contributed by atoms with Crippen molar-refractivity contribution in [2.75, 3.05) is 5.33 Å². The van der Waals surface area contributed by atoms with Crippen molar-refractivity contribution in [3.63, 3.8) is 0 Å². The Morgan fingerprint density at radius 3 is 2.83 bits per heavy atom. The molecule has 1 aromatic rings. The normalized spacial score (nSPS) is 9.92. The minimum Gasteiger partial charge on any atom is -0.255 e. The minimum absolute atomic E-state index is 0.766. The van der Waals surface area contributed by atoms with Crippen molar-refractivity contribution >= 4 is 37.4 Å². The molecular formula is C9H9Br2N. The molecule has 1 aromatic heterocycles. The van der Waals surface area contributed by atoms with Gasteiger partial charge in [0.05, 0.1) is 5.69 Å². The molecule has 0 aromatic carbocycles. The molecule has 0 radical (unpaired) electrons. The van der Waals surface area contributed by atoms with Gasteiger partial charge in [-0.15, -0.1) is 0 Å². The van der Waals surface area contributed by atoms with Crippen LogP contribution >= 0.6 is 31.9 Å². The summed E-state index contributed by atoms with van der Waals surface area (Å²) < 4.78 is 1.01. The van der Waals surface area contributed by atoms with E-state index in [1.54, 1.807) is 6.20 Å². The number of rotatable bonds is 2. The van der Waals surface area contributed by atoms with Crippen LogP contribution < -0.4 is 0 Å². The second kappa shape index (κ2) is 4.19. The minimum atomic E-state index is 0.766. The van der Waals surface area contributed by atoms with Crippen molar-refractivity contribution < 1.29 is 0 Å². The summed E-state index contributed by atoms with van der Waals surface area (Å²) in [5.41, 5.74) is 3.14. The third-order valence-electron chi connectivity index (χ3n) is 1.54. The third-order valence-corrected chi connectivity index (χ3v) is 2.65. The van der Waals surface area contributed by atoms with Crippen LogP contribution in [0.3, 0.4) is 0 Å². The Morgan fingerprint density at radius 2 is 2.33 bits per heavy atom. The summed E-state index contributed by atoms with van der Waals surface area (Å²) in [5.74, 6) is 0. The van der Waals surface area contributed by atoms with E-state index in [-0.39, 0.29) is 0 Å². The topological polar surface area (TPSA) is 12.9 Å². The number of hydrogen-bond acceptors (Lipinski definition) is 1. The lowest BCUT2D eigenvalue weighted by Gasteiger charge is -2.04. The lowest BCUT2D eigenvalue weighted by Crippen LogP contribution is -1.92. The maximum atomic E-state index is 4.27. The highest BCUT2D eigenvalue weighted by Gasteiger charge is 2.02. The van der Waals surface area contributed by atoms with Gasteiger partial charge in [0.1, 0.15) is 0 Å². The van der Waals surface area contributed by atoms with Gasteiger partial charge in [0.2, 0.25) is 0 Å². The van der Waals surface area contributed by atoms with Gasteiger partial charge < -0.3 is 0 Å². The quantitative estimate of drug-likeness (QED) is 0.759. The number of hydrogen-bond donors (Lipinski definition) is 0. The average molecular weight is 291 g/mol. The van der Waals surface area contributed by atoms with Gasteiger partial charge in [0, 0.05) is 16.0 Å². The summed E-state index contributed by atoms with van der Waals surface area (Å²) in [7, 11) is 0. The van der Waals surface area contributed by atoms with Gasteiger partial charge in [0.25, 0.3) is 0 Å². The van der Waals surface area contributed by atoms with Crippen molar-refractivity contribution in [1.82, 2.24) is 4.98 Å². The number of aromatic nitrogens is 1. The molecule has 0 fully saturated rings. The van der Waals surface area contributed by atoms with Crippen molar-refractivity contribution in [2.24, 2.45) is 0 Å². The van der Waals surface area contributed by atoms with Gasteiger partial charge >= 0.3 is 0 Å². The zero-order chi connectivity index (χ0) is 9.14. The number of pyridine rings is 1. The molecule has 0 aliphatic carbocycles. The van der Waals surface area contributed by atoms with E-state index >= 15 is 0 Å². The molecular weight excluding hydrogens is 282 g/mol. The van der Waals surface area contributed by atoms with E-state index in [1.807, 2.05) is 13.0 Å². The predicted molar refractivity (Wildman–Crippen MR) is 59.5 cm³/mol. The number of alkyl halides is 1. The van der Waals surface area contributed by atoms with Crippen LogP contribution in [0.25, 0.3) is 5.57 Å². The van der Waals surface area contributed by atoms with Crippen LogP contribution in [0, 0.1) is 6.92 Å². The molecule has 0 aliphatic rings. The summed E-state index contributed by atoms with van der Waals surface area (Å²) in [4.78, 5) is 4.27. The summed E-state index contributed by atoms with van der Waals surface area (Å²) in [6.07, 6.45) is 1.79. The van der Waals surface area contributed by atoms with Gasteiger partial charge in [-0.05, 0) is 40.1 Å². The van der Waals surface area contributed by atoms with Gasteiger partial charge in [-0.2, -0.15) is 0 Å². The highest BCUT2D eigenvalue weighted by Crippen LogP contribution is 2.19. The maximum absolute atomic E-state index is 4.27. The molecule has 0 amide bonds. The van der Waals surface area contributed by atoms with Gasteiger partial charge in [-0.25, -0.2) is 0 Å². The number of halogens is 2. The van der Waals surface area contributed by atoms with Gasteiger partial charge in [-0.3, -0.25) is 4.98 Å². The molecule has 1 nitrogen and oxygen atoms in total. The Morgan fingerprint density at radius 1 is 1.67 bits per heavy atom. The highest BCUT2D eigenvalue weighted by atomic mass is 79.9. The van der Waals surface area contributed by atoms with E-state index in [2.05, 4.69) is 43.4 Å². The number of aryl methyl sites for hydroxylation is 1. The van der Waals surface area contributed by atoms with E-state index in [4.69, 9.17) is 0 Å². The first-order chi connectivity index (χ1) is 5.65. The standard InChI is InChI=1S/C9H9Br2N/c1-6-3-8(11)5-12-9(6)7(2)4-10/h3,5H,2,4H2,1H3. The second-order valence-corrected chi connectivity index (χ2v) is 4.03. The zero-order valence-corrected chi connectivity index (χ0v) is 9.94. The summed E-state index contributed by atoms with van der Waals surface area (Å²) in [5, 5.41) is 0.766. The maximum Gasteiger partial charge on any atom is 0.0694 e. The first kappa shape index (κ1) is 9.93. The molecule has 1 heterocycles. The molecule has 0 bridgehead atoms. The SMILES string of the molecule is C=C(CBr)c1ncc(Br)cc1C. The Bertz CT molecular complexity index is 307. The van der Waals surface area contributed by atoms with E-state index < -0.39 is 0 Å². The van der Waals surface area contributed by atoms with E-state index in [9.17, 15) is 0 Å². The molecule has 0 spiro atoms. The first-order valence-corrected chi connectivity index (χ1v) is 5.43. The van der Waals surface area contributed by atoms with Gasteiger partial charge in [0.15, 0.2) is 0 Å². The van der Waals surface area contributed by atoms with Crippen LogP contribution in [0.2, 0.25) is 0 Å². The first-order valence-electron chi connectivity index (χ1n) is 3.51. The van der Waals surface area contributed by atoms with E-state index in [0.717, 1.165) is 26.6 Å². The molecule has 64 valence electrons. The van der Waals surface area contributed by atoms with E-state index in [0.29, 0.717) is 0 Å². The van der Waals surface area contributed by atoms with Crippen LogP contribution in [-0.2, 0) is 0 Å². The van der Waals surface area contributed by atoms with Crippen molar-refractivity contribution in [2.45, 2.75) is 6.92 Å². The molecule has 0 N–H and O–H groups in total. The monoisotopic (exact) mass is 289 g/mol. The smallest absolute Gasteiger partial charge is 0.0694 e. The zero-order valence-electron chi connectivity index (χ0n) is 6.77. The van der Waals surface area contributed by atoms with Crippen molar-refractivity contribution in [3.8, 4) is 0 Å². The van der Waals surface area contributed by atoms with Gasteiger partial charge in [-0.1, -0.05) is 22.5 Å². The van der Waals surface area contributed by atoms with Crippen molar-refractivity contribution in [3.05, 3.63) is 34.6 Å². The molecule has 12 heavy (non-hydrogen) atoms. The second-order valence-electron chi connectivity index (χ2n) is 2.56. The fourth-order valence-electron chi connectivity index (χ4n) is 0.974. The highest BCUT2D eigenvalue weighted by molar-refractivity contribution is 9.10. The van der Waals surface area contributed by atoms with Crippen LogP contribution in [0.1, 0.15) is 11.3 Å². The molecule has 0 saturated heterocycles. The lowest BCUT2D eigenvalue weighted by atomic mass is 10.1. The molecule has 1 rings (SSSR count). The number of nitrogens with zero attached hydrogens (tertiary/aromatic N) is 1. The Labute approximate surface area is 89.2 Å².